The number of piperidine rings is 1. The van der Waals surface area contributed by atoms with Gasteiger partial charge in [0.25, 0.3) is 0 Å². The number of carbonyl (C=O) groups excluding carboxylic acids is 1. The van der Waals surface area contributed by atoms with Crippen LogP contribution >= 0.6 is 0 Å². The molecule has 2 atom stereocenters. The van der Waals surface area contributed by atoms with Gasteiger partial charge in [-0.3, -0.25) is 4.79 Å². The van der Waals surface area contributed by atoms with Crippen molar-refractivity contribution in [2.75, 3.05) is 19.6 Å². The summed E-state index contributed by atoms with van der Waals surface area (Å²) in [4.78, 5) is 11.5. The molecule has 0 aromatic carbocycles. The molecule has 0 bridgehead atoms. The van der Waals surface area contributed by atoms with Crippen molar-refractivity contribution in [3.8, 4) is 0 Å². The smallest absolute Gasteiger partial charge is 0.249 e. The van der Waals surface area contributed by atoms with Gasteiger partial charge in [0.05, 0.1) is 6.10 Å². The van der Waals surface area contributed by atoms with Crippen molar-refractivity contribution in [3.05, 3.63) is 12.7 Å². The van der Waals surface area contributed by atoms with E-state index in [1.807, 2.05) is 0 Å². The Kier molecular flexibility index (Phi) is 5.36. The minimum atomic E-state index is -0.380. The van der Waals surface area contributed by atoms with Gasteiger partial charge in [0.15, 0.2) is 0 Å². The molecule has 2 N–H and O–H groups in total. The van der Waals surface area contributed by atoms with Gasteiger partial charge >= 0.3 is 0 Å². The summed E-state index contributed by atoms with van der Waals surface area (Å²) in [5.74, 6) is -0.0690. The number of amides is 1. The Bertz CT molecular complexity index is 213. The lowest BCUT2D eigenvalue weighted by Gasteiger charge is -2.25. The summed E-state index contributed by atoms with van der Waals surface area (Å²) in [6, 6.07) is 0. The first kappa shape index (κ1) is 12.2. The fourth-order valence-electron chi connectivity index (χ4n) is 1.60. The van der Waals surface area contributed by atoms with Crippen LogP contribution in [0.4, 0.5) is 0 Å². The molecular formula is C11H20N2O2. The van der Waals surface area contributed by atoms with Crippen molar-refractivity contribution in [2.24, 2.45) is 0 Å². The third kappa shape index (κ3) is 4.44. The van der Waals surface area contributed by atoms with Crippen molar-refractivity contribution in [3.63, 3.8) is 0 Å². The summed E-state index contributed by atoms with van der Waals surface area (Å²) < 4.78 is 5.64. The lowest BCUT2D eigenvalue weighted by molar-refractivity contribution is -0.135. The lowest BCUT2D eigenvalue weighted by atomic mass is 10.1. The van der Waals surface area contributed by atoms with Crippen molar-refractivity contribution >= 4 is 5.91 Å². The number of carbonyl (C=O) groups is 1. The highest BCUT2D eigenvalue weighted by molar-refractivity contribution is 5.80. The maximum Gasteiger partial charge on any atom is 0.249 e. The fourth-order valence-corrected chi connectivity index (χ4v) is 1.60. The Morgan fingerprint density at radius 2 is 2.60 bits per heavy atom. The maximum absolute atomic E-state index is 11.5. The van der Waals surface area contributed by atoms with Crippen LogP contribution in [0.2, 0.25) is 0 Å². The summed E-state index contributed by atoms with van der Waals surface area (Å²) in [6.07, 6.45) is 3.60. The molecule has 0 saturated carbocycles. The van der Waals surface area contributed by atoms with Crippen LogP contribution in [-0.2, 0) is 9.53 Å². The zero-order chi connectivity index (χ0) is 11.1. The normalized spacial score (nSPS) is 23.1. The van der Waals surface area contributed by atoms with E-state index in [0.29, 0.717) is 6.54 Å². The topological polar surface area (TPSA) is 50.4 Å². The second kappa shape index (κ2) is 6.58. The molecule has 15 heavy (non-hydrogen) atoms. The molecule has 4 heteroatoms. The van der Waals surface area contributed by atoms with Crippen LogP contribution in [0.1, 0.15) is 19.8 Å². The van der Waals surface area contributed by atoms with Gasteiger partial charge < -0.3 is 15.4 Å². The quantitative estimate of drug-likeness (QED) is 0.650. The van der Waals surface area contributed by atoms with Gasteiger partial charge in [-0.25, -0.2) is 0 Å². The molecule has 0 aromatic heterocycles. The first-order valence-corrected chi connectivity index (χ1v) is 5.49. The molecule has 1 amide bonds. The molecule has 0 spiro atoms. The SMILES string of the molecule is C=CCNC(=O)C(C)OC1CCCNC1. The molecule has 0 aromatic rings. The number of hydrogen-bond acceptors (Lipinski definition) is 3. The van der Waals surface area contributed by atoms with Crippen molar-refractivity contribution in [1.82, 2.24) is 10.6 Å². The van der Waals surface area contributed by atoms with Crippen LogP contribution < -0.4 is 10.6 Å². The highest BCUT2D eigenvalue weighted by Crippen LogP contribution is 2.08. The van der Waals surface area contributed by atoms with Gasteiger partial charge in [0, 0.05) is 13.1 Å². The van der Waals surface area contributed by atoms with E-state index in [1.165, 1.54) is 0 Å². The molecule has 4 nitrogen and oxygen atoms in total. The average molecular weight is 212 g/mol. The molecule has 86 valence electrons. The average Bonchev–Trinajstić information content (AvgIpc) is 2.27. The summed E-state index contributed by atoms with van der Waals surface area (Å²) in [6.45, 7) is 7.72. The molecule has 0 aliphatic carbocycles. The number of ether oxygens (including phenoxy) is 1. The summed E-state index contributed by atoms with van der Waals surface area (Å²) in [7, 11) is 0. The molecule has 1 aliphatic heterocycles. The summed E-state index contributed by atoms with van der Waals surface area (Å²) in [5, 5.41) is 5.97. The minimum absolute atomic E-state index is 0.0690. The van der Waals surface area contributed by atoms with E-state index >= 15 is 0 Å². The second-order valence-electron chi connectivity index (χ2n) is 3.78. The number of hydrogen-bond donors (Lipinski definition) is 2. The van der Waals surface area contributed by atoms with Crippen LogP contribution in [0, 0.1) is 0 Å². The Balaban J connectivity index is 2.23. The van der Waals surface area contributed by atoms with E-state index in [0.717, 1.165) is 25.9 Å². The van der Waals surface area contributed by atoms with Gasteiger partial charge in [-0.1, -0.05) is 6.08 Å². The molecule has 1 heterocycles. The molecule has 0 radical (unpaired) electrons. The first-order valence-electron chi connectivity index (χ1n) is 5.49. The Morgan fingerprint density at radius 1 is 1.80 bits per heavy atom. The van der Waals surface area contributed by atoms with Crippen LogP contribution in [0.5, 0.6) is 0 Å². The van der Waals surface area contributed by atoms with Crippen molar-refractivity contribution in [2.45, 2.75) is 32.0 Å². The minimum Gasteiger partial charge on any atom is -0.364 e. The van der Waals surface area contributed by atoms with Gasteiger partial charge in [0.2, 0.25) is 5.91 Å². The monoisotopic (exact) mass is 212 g/mol. The molecule has 1 saturated heterocycles. The van der Waals surface area contributed by atoms with E-state index in [2.05, 4.69) is 17.2 Å². The van der Waals surface area contributed by atoms with E-state index < -0.39 is 0 Å². The maximum atomic E-state index is 11.5. The van der Waals surface area contributed by atoms with Crippen molar-refractivity contribution in [1.29, 1.82) is 0 Å². The first-order chi connectivity index (χ1) is 7.24. The second-order valence-corrected chi connectivity index (χ2v) is 3.78. The Hall–Kier alpha value is -0.870. The summed E-state index contributed by atoms with van der Waals surface area (Å²) in [5.41, 5.74) is 0. The molecular weight excluding hydrogens is 192 g/mol. The molecule has 2 unspecified atom stereocenters. The van der Waals surface area contributed by atoms with Gasteiger partial charge in [-0.2, -0.15) is 0 Å². The highest BCUT2D eigenvalue weighted by Gasteiger charge is 2.20. The predicted octanol–water partition coefficient (Wildman–Crippen LogP) is 0.446. The number of rotatable bonds is 5. The highest BCUT2D eigenvalue weighted by atomic mass is 16.5. The van der Waals surface area contributed by atoms with E-state index in [1.54, 1.807) is 13.0 Å². The Morgan fingerprint density at radius 3 is 3.20 bits per heavy atom. The van der Waals surface area contributed by atoms with Gasteiger partial charge in [0.1, 0.15) is 6.10 Å². The van der Waals surface area contributed by atoms with Crippen LogP contribution in [-0.4, -0.2) is 37.7 Å². The van der Waals surface area contributed by atoms with Crippen LogP contribution in [0.25, 0.3) is 0 Å². The van der Waals surface area contributed by atoms with E-state index in [9.17, 15) is 4.79 Å². The van der Waals surface area contributed by atoms with Gasteiger partial charge in [-0.05, 0) is 26.3 Å². The number of nitrogens with one attached hydrogen (secondary N) is 2. The van der Waals surface area contributed by atoms with Crippen molar-refractivity contribution < 1.29 is 9.53 Å². The molecule has 1 fully saturated rings. The van der Waals surface area contributed by atoms with E-state index in [4.69, 9.17) is 4.74 Å². The molecule has 1 aliphatic rings. The predicted molar refractivity (Wildman–Crippen MR) is 59.6 cm³/mol. The zero-order valence-corrected chi connectivity index (χ0v) is 9.29. The Labute approximate surface area is 91.1 Å². The third-order valence-electron chi connectivity index (χ3n) is 2.44. The standard InChI is InChI=1S/C11H20N2O2/c1-3-6-13-11(14)9(2)15-10-5-4-7-12-8-10/h3,9-10,12H,1,4-8H2,2H3,(H,13,14). The van der Waals surface area contributed by atoms with Gasteiger partial charge in [-0.15, -0.1) is 6.58 Å². The van der Waals surface area contributed by atoms with Crippen LogP contribution in [0.3, 0.4) is 0 Å². The van der Waals surface area contributed by atoms with E-state index in [-0.39, 0.29) is 18.1 Å². The molecule has 1 rings (SSSR count). The van der Waals surface area contributed by atoms with Crippen LogP contribution in [0.15, 0.2) is 12.7 Å². The summed E-state index contributed by atoms with van der Waals surface area (Å²) >= 11 is 0. The largest absolute Gasteiger partial charge is 0.364 e. The fraction of sp³-hybridized carbons (Fsp3) is 0.727. The zero-order valence-electron chi connectivity index (χ0n) is 9.29. The lowest BCUT2D eigenvalue weighted by Crippen LogP contribution is -2.42. The third-order valence-corrected chi connectivity index (χ3v) is 2.44.